The Kier molecular flexibility index (Phi) is 7.78. The van der Waals surface area contributed by atoms with Gasteiger partial charge in [-0.1, -0.05) is 19.9 Å². The molecule has 1 aromatic carbocycles. The van der Waals surface area contributed by atoms with Crippen molar-refractivity contribution in [3.05, 3.63) is 34.4 Å². The Balaban J connectivity index is 2.57. The fraction of sp³-hybridized carbons (Fsp3) is 0.533. The molecule has 0 aliphatic rings. The maximum absolute atomic E-state index is 12.2. The second-order valence-electron chi connectivity index (χ2n) is 5.83. The summed E-state index contributed by atoms with van der Waals surface area (Å²) in [5.41, 5.74) is -0.270. The largest absolute Gasteiger partial charge is 0.355 e. The number of sulfonamides is 1. The van der Waals surface area contributed by atoms with E-state index in [1.807, 2.05) is 6.92 Å². The van der Waals surface area contributed by atoms with E-state index < -0.39 is 14.9 Å². The quantitative estimate of drug-likeness (QED) is 0.206. The number of hydrogen-bond donors (Lipinski definition) is 3. The normalized spacial score (nSPS) is 13.6. The van der Waals surface area contributed by atoms with Crippen LogP contribution in [0.2, 0.25) is 0 Å². The Morgan fingerprint density at radius 3 is 2.52 bits per heavy atom. The van der Waals surface area contributed by atoms with Gasteiger partial charge in [0, 0.05) is 38.3 Å². The van der Waals surface area contributed by atoms with Gasteiger partial charge in [-0.25, -0.2) is 13.1 Å². The van der Waals surface area contributed by atoms with Crippen LogP contribution < -0.4 is 15.4 Å². The fourth-order valence-electron chi connectivity index (χ4n) is 1.79. The van der Waals surface area contributed by atoms with Crippen molar-refractivity contribution in [1.29, 1.82) is 0 Å². The number of non-ortho nitro benzene ring substituents is 1. The molecule has 140 valence electrons. The highest BCUT2D eigenvalue weighted by Crippen LogP contribution is 2.16. The van der Waals surface area contributed by atoms with E-state index in [9.17, 15) is 18.5 Å². The van der Waals surface area contributed by atoms with Crippen molar-refractivity contribution in [2.45, 2.75) is 31.7 Å². The van der Waals surface area contributed by atoms with Crippen LogP contribution in [0.25, 0.3) is 0 Å². The Morgan fingerprint density at radius 1 is 1.28 bits per heavy atom. The van der Waals surface area contributed by atoms with Crippen molar-refractivity contribution in [3.63, 3.8) is 0 Å². The first kappa shape index (κ1) is 20.8. The average molecular weight is 371 g/mol. The fourth-order valence-corrected chi connectivity index (χ4v) is 2.86. The summed E-state index contributed by atoms with van der Waals surface area (Å²) in [5, 5.41) is 17.0. The molecular formula is C15H25N5O4S. The maximum atomic E-state index is 12.2. The van der Waals surface area contributed by atoms with Gasteiger partial charge in [0.2, 0.25) is 10.0 Å². The number of nitro groups is 1. The van der Waals surface area contributed by atoms with Gasteiger partial charge in [-0.15, -0.1) is 0 Å². The monoisotopic (exact) mass is 371 g/mol. The number of nitrogens with one attached hydrogen (secondary N) is 3. The molecule has 1 unspecified atom stereocenters. The first-order valence-corrected chi connectivity index (χ1v) is 9.37. The molecule has 0 fully saturated rings. The van der Waals surface area contributed by atoms with Crippen molar-refractivity contribution in [2.75, 3.05) is 20.1 Å². The van der Waals surface area contributed by atoms with E-state index in [1.54, 1.807) is 7.05 Å². The van der Waals surface area contributed by atoms with E-state index in [-0.39, 0.29) is 23.2 Å². The Hall–Kier alpha value is -2.20. The van der Waals surface area contributed by atoms with Crippen LogP contribution >= 0.6 is 0 Å². The van der Waals surface area contributed by atoms with Crippen LogP contribution in [0.15, 0.2) is 34.2 Å². The van der Waals surface area contributed by atoms with E-state index in [2.05, 4.69) is 34.2 Å². The lowest BCUT2D eigenvalue weighted by molar-refractivity contribution is -0.385. The molecule has 0 aliphatic heterocycles. The van der Waals surface area contributed by atoms with Crippen molar-refractivity contribution in [1.82, 2.24) is 15.4 Å². The summed E-state index contributed by atoms with van der Waals surface area (Å²) in [5.74, 6) is 1.00. The molecule has 0 saturated heterocycles. The molecule has 0 amide bonds. The highest BCUT2D eigenvalue weighted by molar-refractivity contribution is 7.89. The van der Waals surface area contributed by atoms with Gasteiger partial charge in [-0.2, -0.15) is 0 Å². The van der Waals surface area contributed by atoms with E-state index in [0.717, 1.165) is 6.07 Å². The topological polar surface area (TPSA) is 126 Å². The lowest BCUT2D eigenvalue weighted by Gasteiger charge is -2.20. The minimum Gasteiger partial charge on any atom is -0.355 e. The molecule has 25 heavy (non-hydrogen) atoms. The molecule has 0 aromatic heterocycles. The molecule has 1 rings (SSSR count). The number of guanidine groups is 1. The number of rotatable bonds is 8. The third-order valence-electron chi connectivity index (χ3n) is 3.64. The molecule has 0 heterocycles. The van der Waals surface area contributed by atoms with Crippen LogP contribution in [0.3, 0.4) is 0 Å². The molecule has 0 radical (unpaired) electrons. The van der Waals surface area contributed by atoms with Crippen LogP contribution in [0, 0.1) is 16.0 Å². The molecule has 0 spiro atoms. The zero-order chi connectivity index (χ0) is 19.0. The summed E-state index contributed by atoms with van der Waals surface area (Å²) in [6.45, 7) is 6.62. The van der Waals surface area contributed by atoms with E-state index in [4.69, 9.17) is 0 Å². The molecule has 0 saturated carbocycles. The van der Waals surface area contributed by atoms with Crippen molar-refractivity contribution < 1.29 is 13.3 Å². The molecule has 1 aromatic rings. The first-order chi connectivity index (χ1) is 11.7. The SMILES string of the molecule is CN=C(NCCNS(=O)(=O)c1cccc([N+](=O)[O-])c1)NC(C)C(C)C. The van der Waals surface area contributed by atoms with Gasteiger partial charge in [0.1, 0.15) is 0 Å². The Labute approximate surface area is 148 Å². The molecule has 0 bridgehead atoms. The summed E-state index contributed by atoms with van der Waals surface area (Å²) < 4.78 is 26.8. The lowest BCUT2D eigenvalue weighted by Crippen LogP contribution is -2.46. The summed E-state index contributed by atoms with van der Waals surface area (Å²) in [7, 11) is -2.18. The van der Waals surface area contributed by atoms with Crippen LogP contribution in [0.5, 0.6) is 0 Å². The smallest absolute Gasteiger partial charge is 0.270 e. The average Bonchev–Trinajstić information content (AvgIpc) is 2.57. The van der Waals surface area contributed by atoms with Crippen LogP contribution in [0.1, 0.15) is 20.8 Å². The van der Waals surface area contributed by atoms with Crippen LogP contribution in [-0.2, 0) is 10.0 Å². The number of aliphatic imine (C=N–C) groups is 1. The Morgan fingerprint density at radius 2 is 1.96 bits per heavy atom. The summed E-state index contributed by atoms with van der Waals surface area (Å²) in [6, 6.07) is 5.14. The van der Waals surface area contributed by atoms with Crippen molar-refractivity contribution >= 4 is 21.7 Å². The summed E-state index contributed by atoms with van der Waals surface area (Å²) >= 11 is 0. The van der Waals surface area contributed by atoms with Gasteiger partial charge < -0.3 is 10.6 Å². The minimum absolute atomic E-state index is 0.113. The summed E-state index contributed by atoms with van der Waals surface area (Å²) in [6.07, 6.45) is 0. The second kappa shape index (κ2) is 9.33. The third kappa shape index (κ3) is 6.67. The number of nitrogens with zero attached hydrogens (tertiary/aromatic N) is 2. The predicted octanol–water partition coefficient (Wildman–Crippen LogP) is 1.08. The minimum atomic E-state index is -3.81. The second-order valence-corrected chi connectivity index (χ2v) is 7.60. The lowest BCUT2D eigenvalue weighted by atomic mass is 10.1. The van der Waals surface area contributed by atoms with E-state index in [1.165, 1.54) is 18.2 Å². The van der Waals surface area contributed by atoms with Gasteiger partial charge >= 0.3 is 0 Å². The van der Waals surface area contributed by atoms with Gasteiger partial charge in [-0.3, -0.25) is 15.1 Å². The van der Waals surface area contributed by atoms with E-state index >= 15 is 0 Å². The summed E-state index contributed by atoms with van der Waals surface area (Å²) in [4.78, 5) is 14.0. The van der Waals surface area contributed by atoms with Gasteiger partial charge in [0.05, 0.1) is 9.82 Å². The third-order valence-corrected chi connectivity index (χ3v) is 5.09. The molecule has 0 aliphatic carbocycles. The van der Waals surface area contributed by atoms with Gasteiger partial charge in [0.15, 0.2) is 5.96 Å². The Bertz CT molecular complexity index is 718. The zero-order valence-electron chi connectivity index (χ0n) is 14.8. The maximum Gasteiger partial charge on any atom is 0.270 e. The highest BCUT2D eigenvalue weighted by Gasteiger charge is 2.17. The molecular weight excluding hydrogens is 346 g/mol. The van der Waals surface area contributed by atoms with E-state index in [0.29, 0.717) is 18.4 Å². The molecule has 9 nitrogen and oxygen atoms in total. The standard InChI is InChI=1S/C15H25N5O4S/c1-11(2)12(3)19-15(16-4)17-8-9-18-25(23,24)14-7-5-6-13(10-14)20(21)22/h5-7,10-12,18H,8-9H2,1-4H3,(H2,16,17,19). The van der Waals surface area contributed by atoms with Crippen molar-refractivity contribution in [2.24, 2.45) is 10.9 Å². The van der Waals surface area contributed by atoms with Gasteiger partial charge in [-0.05, 0) is 18.9 Å². The van der Waals surface area contributed by atoms with Crippen LogP contribution in [-0.4, -0.2) is 45.5 Å². The van der Waals surface area contributed by atoms with Crippen molar-refractivity contribution in [3.8, 4) is 0 Å². The molecule has 1 atom stereocenters. The predicted molar refractivity (Wildman–Crippen MR) is 97.1 cm³/mol. The first-order valence-electron chi connectivity index (χ1n) is 7.88. The highest BCUT2D eigenvalue weighted by atomic mass is 32.2. The molecule has 10 heteroatoms. The molecule has 3 N–H and O–H groups in total. The zero-order valence-corrected chi connectivity index (χ0v) is 15.6. The van der Waals surface area contributed by atoms with Gasteiger partial charge in [0.25, 0.3) is 5.69 Å². The number of hydrogen-bond acceptors (Lipinski definition) is 5. The number of nitro benzene ring substituents is 1. The number of benzene rings is 1. The van der Waals surface area contributed by atoms with Crippen LogP contribution in [0.4, 0.5) is 5.69 Å².